The van der Waals surface area contributed by atoms with Crippen LogP contribution in [0.4, 0.5) is 22.0 Å². The fraction of sp³-hybridized carbons (Fsp3) is 0.522. The number of hydrogen-bond donors (Lipinski definition) is 3. The lowest BCUT2D eigenvalue weighted by atomic mass is 9.92. The van der Waals surface area contributed by atoms with Crippen molar-refractivity contribution in [3.63, 3.8) is 0 Å². The molecule has 0 unspecified atom stereocenters. The number of fused-ring (bicyclic) bond motifs is 1. The molecule has 31 heavy (non-hydrogen) atoms. The highest BCUT2D eigenvalue weighted by atomic mass is 19.1. The van der Waals surface area contributed by atoms with Gasteiger partial charge in [0.05, 0.1) is 11.9 Å². The Labute approximate surface area is 181 Å². The number of nitrogens with one attached hydrogen (secondary N) is 2. The predicted molar refractivity (Wildman–Crippen MR) is 121 cm³/mol. The van der Waals surface area contributed by atoms with E-state index < -0.39 is 0 Å². The van der Waals surface area contributed by atoms with Crippen LogP contribution in [0.2, 0.25) is 0 Å². The van der Waals surface area contributed by atoms with Gasteiger partial charge in [0, 0.05) is 18.1 Å². The molecule has 0 atom stereocenters. The predicted octanol–water partition coefficient (Wildman–Crippen LogP) is 4.90. The number of hydrogen-bond acceptors (Lipinski definition) is 6. The van der Waals surface area contributed by atoms with Crippen LogP contribution in [0.1, 0.15) is 63.8 Å². The quantitative estimate of drug-likeness (QED) is 0.541. The number of nitrogens with two attached hydrogens (primary N) is 1. The first-order valence-corrected chi connectivity index (χ1v) is 11.5. The SMILES string of the molecule is NC1CCC(Nc2ncc3nc(Nc4ccccc4F)n(C4CCCCC4)c3n2)CC1. The third kappa shape index (κ3) is 4.35. The molecule has 2 fully saturated rings. The summed E-state index contributed by atoms with van der Waals surface area (Å²) in [6, 6.07) is 7.63. The van der Waals surface area contributed by atoms with Gasteiger partial charge in [-0.2, -0.15) is 4.98 Å². The summed E-state index contributed by atoms with van der Waals surface area (Å²) in [5.41, 5.74) is 7.98. The zero-order valence-corrected chi connectivity index (χ0v) is 17.7. The second kappa shape index (κ2) is 8.78. The Morgan fingerprint density at radius 2 is 1.74 bits per heavy atom. The Bertz CT molecular complexity index is 1040. The maximum Gasteiger partial charge on any atom is 0.224 e. The molecule has 2 heterocycles. The second-order valence-corrected chi connectivity index (χ2v) is 8.86. The van der Waals surface area contributed by atoms with Crippen molar-refractivity contribution in [3.05, 3.63) is 36.3 Å². The third-order valence-electron chi connectivity index (χ3n) is 6.60. The number of rotatable bonds is 5. The molecular formula is C23H30FN7. The van der Waals surface area contributed by atoms with E-state index in [0.717, 1.165) is 49.7 Å². The molecule has 2 aliphatic carbocycles. The lowest BCUT2D eigenvalue weighted by Gasteiger charge is -2.27. The van der Waals surface area contributed by atoms with Gasteiger partial charge in [-0.25, -0.2) is 14.4 Å². The number of benzene rings is 1. The summed E-state index contributed by atoms with van der Waals surface area (Å²) >= 11 is 0. The van der Waals surface area contributed by atoms with E-state index in [1.54, 1.807) is 18.3 Å². The molecule has 8 heteroatoms. The van der Waals surface area contributed by atoms with Crippen LogP contribution in [0.15, 0.2) is 30.5 Å². The van der Waals surface area contributed by atoms with E-state index in [4.69, 9.17) is 15.7 Å². The van der Waals surface area contributed by atoms with Gasteiger partial charge < -0.3 is 16.4 Å². The summed E-state index contributed by atoms with van der Waals surface area (Å²) in [5, 5.41) is 6.70. The highest BCUT2D eigenvalue weighted by molar-refractivity contribution is 5.76. The number of aromatic nitrogens is 4. The minimum absolute atomic E-state index is 0.295. The average Bonchev–Trinajstić information content (AvgIpc) is 3.15. The maximum atomic E-state index is 14.3. The Kier molecular flexibility index (Phi) is 5.72. The summed E-state index contributed by atoms with van der Waals surface area (Å²) in [4.78, 5) is 14.1. The highest BCUT2D eigenvalue weighted by Gasteiger charge is 2.24. The first kappa shape index (κ1) is 20.2. The van der Waals surface area contributed by atoms with Gasteiger partial charge in [-0.3, -0.25) is 4.57 Å². The standard InChI is InChI=1S/C23H30FN7/c24-18-8-4-5-9-19(18)28-23-29-20-14-26-22(27-16-12-10-15(25)11-13-16)30-21(20)31(23)17-6-2-1-3-7-17/h4-5,8-9,14-17H,1-3,6-7,10-13,25H2,(H,28,29)(H,26,27,30). The largest absolute Gasteiger partial charge is 0.351 e. The second-order valence-electron chi connectivity index (χ2n) is 8.86. The van der Waals surface area contributed by atoms with E-state index in [2.05, 4.69) is 20.2 Å². The molecule has 0 spiro atoms. The van der Waals surface area contributed by atoms with E-state index in [9.17, 15) is 4.39 Å². The van der Waals surface area contributed by atoms with Gasteiger partial charge in [-0.15, -0.1) is 0 Å². The summed E-state index contributed by atoms with van der Waals surface area (Å²) in [7, 11) is 0. The Morgan fingerprint density at radius 1 is 0.968 bits per heavy atom. The topological polar surface area (TPSA) is 93.7 Å². The molecule has 0 saturated heterocycles. The van der Waals surface area contributed by atoms with Crippen molar-refractivity contribution in [1.82, 2.24) is 19.5 Å². The molecule has 1 aromatic carbocycles. The van der Waals surface area contributed by atoms with Crippen molar-refractivity contribution in [2.45, 2.75) is 75.9 Å². The molecule has 7 nitrogen and oxygen atoms in total. The molecule has 0 radical (unpaired) electrons. The summed E-state index contributed by atoms with van der Waals surface area (Å²) in [6.07, 6.45) is 11.7. The molecule has 0 amide bonds. The molecule has 0 aliphatic heterocycles. The van der Waals surface area contributed by atoms with Crippen molar-refractivity contribution in [3.8, 4) is 0 Å². The Balaban J connectivity index is 1.49. The van der Waals surface area contributed by atoms with Gasteiger partial charge in [0.15, 0.2) is 5.65 Å². The van der Waals surface area contributed by atoms with Crippen LogP contribution in [-0.2, 0) is 0 Å². The van der Waals surface area contributed by atoms with Gasteiger partial charge >= 0.3 is 0 Å². The average molecular weight is 424 g/mol. The highest BCUT2D eigenvalue weighted by Crippen LogP contribution is 2.35. The molecule has 5 rings (SSSR count). The lowest BCUT2D eigenvalue weighted by Crippen LogP contribution is -2.33. The fourth-order valence-corrected chi connectivity index (χ4v) is 4.86. The van der Waals surface area contributed by atoms with Gasteiger partial charge in [0.1, 0.15) is 11.3 Å². The minimum atomic E-state index is -0.298. The first-order chi connectivity index (χ1) is 15.2. The van der Waals surface area contributed by atoms with Crippen LogP contribution in [0, 0.1) is 5.82 Å². The molecule has 2 saturated carbocycles. The minimum Gasteiger partial charge on any atom is -0.351 e. The number of halogens is 1. The van der Waals surface area contributed by atoms with Gasteiger partial charge in [-0.1, -0.05) is 31.4 Å². The van der Waals surface area contributed by atoms with Crippen molar-refractivity contribution >= 4 is 28.7 Å². The third-order valence-corrected chi connectivity index (χ3v) is 6.60. The smallest absolute Gasteiger partial charge is 0.224 e. The fourth-order valence-electron chi connectivity index (χ4n) is 4.86. The molecule has 2 aliphatic rings. The van der Waals surface area contributed by atoms with Crippen molar-refractivity contribution in [2.75, 3.05) is 10.6 Å². The first-order valence-electron chi connectivity index (χ1n) is 11.5. The van der Waals surface area contributed by atoms with Crippen molar-refractivity contribution in [2.24, 2.45) is 5.73 Å². The molecule has 164 valence electrons. The summed E-state index contributed by atoms with van der Waals surface area (Å²) < 4.78 is 16.5. The van der Waals surface area contributed by atoms with Crippen LogP contribution in [0.3, 0.4) is 0 Å². The van der Waals surface area contributed by atoms with E-state index in [-0.39, 0.29) is 5.82 Å². The van der Waals surface area contributed by atoms with E-state index in [0.29, 0.717) is 35.7 Å². The zero-order chi connectivity index (χ0) is 21.2. The molecular weight excluding hydrogens is 393 g/mol. The van der Waals surface area contributed by atoms with Crippen LogP contribution in [0.5, 0.6) is 0 Å². The van der Waals surface area contributed by atoms with Crippen molar-refractivity contribution in [1.29, 1.82) is 0 Å². The van der Waals surface area contributed by atoms with Crippen LogP contribution < -0.4 is 16.4 Å². The van der Waals surface area contributed by atoms with Crippen LogP contribution in [-0.4, -0.2) is 31.6 Å². The monoisotopic (exact) mass is 423 g/mol. The van der Waals surface area contributed by atoms with E-state index >= 15 is 0 Å². The van der Waals surface area contributed by atoms with Crippen LogP contribution >= 0.6 is 0 Å². The van der Waals surface area contributed by atoms with Crippen LogP contribution in [0.25, 0.3) is 11.2 Å². The molecule has 0 bridgehead atoms. The Hall–Kier alpha value is -2.74. The van der Waals surface area contributed by atoms with E-state index in [1.807, 2.05) is 6.07 Å². The Morgan fingerprint density at radius 3 is 2.52 bits per heavy atom. The summed E-state index contributed by atoms with van der Waals surface area (Å²) in [5.74, 6) is 0.957. The normalized spacial score (nSPS) is 22.5. The van der Waals surface area contributed by atoms with Gasteiger partial charge in [0.25, 0.3) is 0 Å². The molecule has 2 aromatic heterocycles. The number of imidazole rings is 1. The number of nitrogens with zero attached hydrogens (tertiary/aromatic N) is 4. The number of anilines is 3. The van der Waals surface area contributed by atoms with Crippen molar-refractivity contribution < 1.29 is 4.39 Å². The molecule has 3 aromatic rings. The molecule has 4 N–H and O–H groups in total. The van der Waals surface area contributed by atoms with E-state index in [1.165, 1.54) is 25.3 Å². The van der Waals surface area contributed by atoms with Gasteiger partial charge in [0.2, 0.25) is 11.9 Å². The van der Waals surface area contributed by atoms with Gasteiger partial charge in [-0.05, 0) is 50.7 Å². The zero-order valence-electron chi connectivity index (χ0n) is 17.7. The summed E-state index contributed by atoms with van der Waals surface area (Å²) in [6.45, 7) is 0. The number of para-hydroxylation sites is 1. The lowest BCUT2D eigenvalue weighted by molar-refractivity contribution is 0.361. The maximum absolute atomic E-state index is 14.3.